The molecule has 7 heteroatoms. The van der Waals surface area contributed by atoms with Crippen LogP contribution in [0.5, 0.6) is 0 Å². The van der Waals surface area contributed by atoms with E-state index in [4.69, 9.17) is 5.73 Å². The first-order chi connectivity index (χ1) is 9.09. The first-order valence-electron chi connectivity index (χ1n) is 5.71. The summed E-state index contributed by atoms with van der Waals surface area (Å²) in [6.07, 6.45) is 1.66. The summed E-state index contributed by atoms with van der Waals surface area (Å²) in [6.45, 7) is 0.741. The molecule has 19 heavy (non-hydrogen) atoms. The summed E-state index contributed by atoms with van der Waals surface area (Å²) >= 11 is 1.42. The fraction of sp³-hybridized carbons (Fsp3) is 0.250. The van der Waals surface area contributed by atoms with Gasteiger partial charge in [0.2, 0.25) is 10.0 Å². The van der Waals surface area contributed by atoms with Gasteiger partial charge < -0.3 is 5.73 Å². The maximum atomic E-state index is 11.9. The topological polar surface area (TPSA) is 85.1 Å². The van der Waals surface area contributed by atoms with Crippen LogP contribution in [0.2, 0.25) is 0 Å². The minimum absolute atomic E-state index is 0.0311. The highest BCUT2D eigenvalue weighted by Crippen LogP contribution is 2.09. The van der Waals surface area contributed by atoms with E-state index in [1.54, 1.807) is 23.8 Å². The molecular formula is C12H15N3O2S2. The highest BCUT2D eigenvalue weighted by atomic mass is 32.2. The Morgan fingerprint density at radius 3 is 2.47 bits per heavy atom. The first-order valence-corrected chi connectivity index (χ1v) is 8.25. The van der Waals surface area contributed by atoms with Crippen LogP contribution in [0.1, 0.15) is 16.0 Å². The number of nitrogens with zero attached hydrogens (tertiary/aromatic N) is 1. The van der Waals surface area contributed by atoms with E-state index in [2.05, 4.69) is 9.71 Å². The van der Waals surface area contributed by atoms with Crippen molar-refractivity contribution in [2.24, 2.45) is 5.73 Å². The number of benzene rings is 1. The minimum atomic E-state index is -3.33. The Morgan fingerprint density at radius 2 is 1.89 bits per heavy atom. The number of sulfonamides is 1. The lowest BCUT2D eigenvalue weighted by Gasteiger charge is -2.06. The zero-order chi connectivity index (χ0) is 13.7. The third-order valence-corrected chi connectivity index (χ3v) is 4.64. The van der Waals surface area contributed by atoms with E-state index in [9.17, 15) is 8.42 Å². The van der Waals surface area contributed by atoms with Crippen LogP contribution in [-0.2, 0) is 28.9 Å². The second-order valence-corrected chi connectivity index (χ2v) is 6.85. The van der Waals surface area contributed by atoms with Crippen LogP contribution < -0.4 is 10.5 Å². The van der Waals surface area contributed by atoms with E-state index < -0.39 is 10.0 Å². The summed E-state index contributed by atoms with van der Waals surface area (Å²) in [5.74, 6) is -0.0311. The van der Waals surface area contributed by atoms with Crippen molar-refractivity contribution in [3.05, 3.63) is 52.0 Å². The molecule has 0 aliphatic heterocycles. The highest BCUT2D eigenvalue weighted by Gasteiger charge is 2.11. The molecule has 0 saturated carbocycles. The average Bonchev–Trinajstić information content (AvgIpc) is 2.90. The van der Waals surface area contributed by atoms with Crippen molar-refractivity contribution >= 4 is 21.4 Å². The van der Waals surface area contributed by atoms with Crippen molar-refractivity contribution in [1.29, 1.82) is 0 Å². The summed E-state index contributed by atoms with van der Waals surface area (Å²) in [6, 6.07) is 7.25. The number of hydrogen-bond acceptors (Lipinski definition) is 5. The smallest absolute Gasteiger partial charge is 0.216 e. The lowest BCUT2D eigenvalue weighted by Crippen LogP contribution is -2.24. The molecule has 0 aliphatic carbocycles. The highest BCUT2D eigenvalue weighted by molar-refractivity contribution is 7.88. The van der Waals surface area contributed by atoms with Gasteiger partial charge >= 0.3 is 0 Å². The van der Waals surface area contributed by atoms with Gasteiger partial charge in [0.05, 0.1) is 11.3 Å². The molecule has 0 atom stereocenters. The number of nitrogens with two attached hydrogens (primary N) is 1. The summed E-state index contributed by atoms with van der Waals surface area (Å²) < 4.78 is 26.4. The Hall–Kier alpha value is -1.28. The van der Waals surface area contributed by atoms with Crippen LogP contribution >= 0.6 is 11.3 Å². The molecule has 2 rings (SSSR count). The second kappa shape index (κ2) is 6.25. The van der Waals surface area contributed by atoms with Crippen LogP contribution in [0.15, 0.2) is 36.0 Å². The molecule has 1 aromatic heterocycles. The van der Waals surface area contributed by atoms with Crippen molar-refractivity contribution in [1.82, 2.24) is 9.71 Å². The number of nitrogens with one attached hydrogen (secondary N) is 1. The molecule has 3 N–H and O–H groups in total. The predicted octanol–water partition coefficient (Wildman–Crippen LogP) is 1.22. The molecule has 0 bridgehead atoms. The van der Waals surface area contributed by atoms with Gasteiger partial charge in [0.15, 0.2) is 0 Å². The van der Waals surface area contributed by atoms with Crippen LogP contribution in [0.4, 0.5) is 0 Å². The van der Waals surface area contributed by atoms with Crippen LogP contribution in [-0.4, -0.2) is 13.4 Å². The Balaban J connectivity index is 1.96. The molecule has 0 saturated heterocycles. The summed E-state index contributed by atoms with van der Waals surface area (Å²) in [5, 5.41) is 0. The molecule has 1 heterocycles. The molecule has 0 spiro atoms. The third kappa shape index (κ3) is 4.39. The monoisotopic (exact) mass is 297 g/mol. The van der Waals surface area contributed by atoms with Crippen molar-refractivity contribution in [3.8, 4) is 0 Å². The summed E-state index contributed by atoms with van der Waals surface area (Å²) in [5.41, 5.74) is 8.90. The minimum Gasteiger partial charge on any atom is -0.326 e. The van der Waals surface area contributed by atoms with E-state index in [0.29, 0.717) is 6.54 Å². The second-order valence-electron chi connectivity index (χ2n) is 4.07. The fourth-order valence-electron chi connectivity index (χ4n) is 1.55. The van der Waals surface area contributed by atoms with Gasteiger partial charge in [-0.1, -0.05) is 24.3 Å². The van der Waals surface area contributed by atoms with Gasteiger partial charge in [-0.3, -0.25) is 4.98 Å². The van der Waals surface area contributed by atoms with Crippen molar-refractivity contribution in [2.45, 2.75) is 18.8 Å². The normalized spacial score (nSPS) is 11.6. The molecule has 0 aliphatic rings. The van der Waals surface area contributed by atoms with Crippen LogP contribution in [0, 0.1) is 0 Å². The molecule has 2 aromatic rings. The maximum absolute atomic E-state index is 11.9. The van der Waals surface area contributed by atoms with Gasteiger partial charge in [-0.2, -0.15) is 0 Å². The van der Waals surface area contributed by atoms with E-state index in [1.165, 1.54) is 11.3 Å². The number of aromatic nitrogens is 1. The van der Waals surface area contributed by atoms with Gasteiger partial charge in [0, 0.05) is 24.2 Å². The predicted molar refractivity (Wildman–Crippen MR) is 75.9 cm³/mol. The van der Waals surface area contributed by atoms with Crippen molar-refractivity contribution in [2.75, 3.05) is 0 Å². The lowest BCUT2D eigenvalue weighted by atomic mass is 10.1. The molecular weight excluding hydrogens is 282 g/mol. The molecule has 1 aromatic carbocycles. The fourth-order valence-corrected chi connectivity index (χ4v) is 3.29. The SMILES string of the molecule is NCc1ccc(CS(=O)(=O)NCc2cncs2)cc1. The van der Waals surface area contributed by atoms with Gasteiger partial charge in [-0.05, 0) is 11.1 Å². The summed E-state index contributed by atoms with van der Waals surface area (Å²) in [4.78, 5) is 4.79. The third-order valence-electron chi connectivity index (χ3n) is 2.57. The number of hydrogen-bond donors (Lipinski definition) is 2. The Kier molecular flexibility index (Phi) is 4.65. The Bertz CT molecular complexity index is 607. The van der Waals surface area contributed by atoms with E-state index in [0.717, 1.165) is 16.0 Å². The quantitative estimate of drug-likeness (QED) is 0.839. The Labute approximate surface area is 116 Å². The van der Waals surface area contributed by atoms with Crippen LogP contribution in [0.25, 0.3) is 0 Å². The van der Waals surface area contributed by atoms with Crippen molar-refractivity contribution < 1.29 is 8.42 Å². The van der Waals surface area contributed by atoms with Gasteiger partial charge in [0.25, 0.3) is 0 Å². The van der Waals surface area contributed by atoms with Crippen LogP contribution in [0.3, 0.4) is 0 Å². The van der Waals surface area contributed by atoms with E-state index >= 15 is 0 Å². The molecule has 0 fully saturated rings. The number of rotatable bonds is 6. The van der Waals surface area contributed by atoms with Gasteiger partial charge in [0.1, 0.15) is 0 Å². The average molecular weight is 297 g/mol. The Morgan fingerprint density at radius 1 is 1.21 bits per heavy atom. The zero-order valence-electron chi connectivity index (χ0n) is 10.2. The molecule has 0 unspecified atom stereocenters. The molecule has 0 amide bonds. The summed E-state index contributed by atoms with van der Waals surface area (Å²) in [7, 11) is -3.33. The molecule has 102 valence electrons. The van der Waals surface area contributed by atoms with Gasteiger partial charge in [-0.25, -0.2) is 13.1 Å². The molecule has 5 nitrogen and oxygen atoms in total. The molecule has 0 radical (unpaired) electrons. The number of thiazole rings is 1. The van der Waals surface area contributed by atoms with Crippen molar-refractivity contribution in [3.63, 3.8) is 0 Å². The largest absolute Gasteiger partial charge is 0.326 e. The van der Waals surface area contributed by atoms with Gasteiger partial charge in [-0.15, -0.1) is 11.3 Å². The first kappa shape index (κ1) is 14.1. The van der Waals surface area contributed by atoms with E-state index in [1.807, 2.05) is 12.1 Å². The standard InChI is InChI=1S/C12H15N3O2S2/c13-5-10-1-3-11(4-2-10)8-19(16,17)15-7-12-6-14-9-18-12/h1-4,6,9,15H,5,7-8,13H2. The lowest BCUT2D eigenvalue weighted by molar-refractivity contribution is 0.581. The zero-order valence-corrected chi connectivity index (χ0v) is 11.9. The van der Waals surface area contributed by atoms with E-state index in [-0.39, 0.29) is 12.3 Å². The maximum Gasteiger partial charge on any atom is 0.216 e.